The Bertz CT molecular complexity index is 1020. The predicted molar refractivity (Wildman–Crippen MR) is 135 cm³/mol. The highest BCUT2D eigenvalue weighted by Crippen LogP contribution is 2.25. The first kappa shape index (κ1) is 26.3. The van der Waals surface area contributed by atoms with E-state index >= 15 is 0 Å². The van der Waals surface area contributed by atoms with Gasteiger partial charge in [-0.1, -0.05) is 55.2 Å². The van der Waals surface area contributed by atoms with Crippen LogP contribution in [0.5, 0.6) is 0 Å². The first-order chi connectivity index (χ1) is 14.8. The smallest absolute Gasteiger partial charge is 0.240 e. The Labute approximate surface area is 203 Å². The minimum Gasteiger partial charge on any atom is -0.327 e. The normalized spacial score (nSPS) is 13.3. The molecule has 0 aliphatic heterocycles. The van der Waals surface area contributed by atoms with Crippen LogP contribution in [0.1, 0.15) is 36.4 Å². The van der Waals surface area contributed by atoms with Crippen molar-refractivity contribution in [2.75, 3.05) is 0 Å². The van der Waals surface area contributed by atoms with Crippen molar-refractivity contribution in [2.45, 2.75) is 56.5 Å². The third kappa shape index (κ3) is 8.50. The van der Waals surface area contributed by atoms with Crippen LogP contribution in [0.15, 0.2) is 58.1 Å². The molecule has 0 fully saturated rings. The van der Waals surface area contributed by atoms with Gasteiger partial charge in [0.15, 0.2) is 0 Å². The van der Waals surface area contributed by atoms with E-state index in [9.17, 15) is 8.42 Å². The molecule has 0 saturated carbocycles. The molecule has 31 heavy (non-hydrogen) atoms. The van der Waals surface area contributed by atoms with Crippen LogP contribution in [0.3, 0.4) is 0 Å². The Balaban J connectivity index is 0.000000262. The van der Waals surface area contributed by atoms with Gasteiger partial charge in [0.05, 0.1) is 14.9 Å². The molecule has 0 aliphatic rings. The number of rotatable bonds is 9. The number of sulfonamides is 1. The topological polar surface area (TPSA) is 72.2 Å². The maximum absolute atomic E-state index is 12.3. The highest BCUT2D eigenvalue weighted by Gasteiger charge is 2.20. The lowest BCUT2D eigenvalue weighted by Crippen LogP contribution is -2.35. The Morgan fingerprint density at radius 1 is 0.903 bits per heavy atom. The van der Waals surface area contributed by atoms with E-state index in [1.165, 1.54) is 4.88 Å². The maximum Gasteiger partial charge on any atom is 0.240 e. The first-order valence-electron chi connectivity index (χ1n) is 10.0. The van der Waals surface area contributed by atoms with E-state index in [1.807, 2.05) is 29.8 Å². The zero-order valence-electron chi connectivity index (χ0n) is 17.6. The fourth-order valence-corrected chi connectivity index (χ4v) is 6.45. The van der Waals surface area contributed by atoms with Crippen molar-refractivity contribution in [1.29, 1.82) is 0 Å². The van der Waals surface area contributed by atoms with Crippen LogP contribution in [0.25, 0.3) is 0 Å². The average Bonchev–Trinajstić information content (AvgIpc) is 3.36. The molecule has 0 bridgehead atoms. The van der Waals surface area contributed by atoms with Crippen LogP contribution in [-0.4, -0.2) is 20.5 Å². The molecule has 3 aromatic rings. The van der Waals surface area contributed by atoms with Crippen molar-refractivity contribution >= 4 is 55.9 Å². The molecular weight excluding hydrogens is 491 g/mol. The molecule has 0 amide bonds. The number of nitrogens with one attached hydrogen (secondary N) is 1. The van der Waals surface area contributed by atoms with Crippen LogP contribution >= 0.6 is 45.9 Å². The summed E-state index contributed by atoms with van der Waals surface area (Å²) in [5, 5.41) is 5.47. The van der Waals surface area contributed by atoms with Crippen LogP contribution < -0.4 is 10.5 Å². The van der Waals surface area contributed by atoms with Crippen LogP contribution in [0.2, 0.25) is 10.0 Å². The molecule has 3 rings (SSSR count). The van der Waals surface area contributed by atoms with E-state index in [0.717, 1.165) is 22.7 Å². The summed E-state index contributed by atoms with van der Waals surface area (Å²) in [7, 11) is -3.48. The van der Waals surface area contributed by atoms with E-state index in [2.05, 4.69) is 11.6 Å². The number of hydrogen-bond acceptors (Lipinski definition) is 5. The van der Waals surface area contributed by atoms with Crippen molar-refractivity contribution in [3.8, 4) is 0 Å². The molecule has 2 atom stereocenters. The lowest BCUT2D eigenvalue weighted by molar-refractivity contribution is 0.538. The van der Waals surface area contributed by atoms with Crippen molar-refractivity contribution < 1.29 is 8.42 Å². The highest BCUT2D eigenvalue weighted by molar-refractivity contribution is 7.89. The monoisotopic (exact) mass is 518 g/mol. The van der Waals surface area contributed by atoms with Gasteiger partial charge in [-0.3, -0.25) is 0 Å². The molecule has 0 spiro atoms. The minimum absolute atomic E-state index is 0.156. The summed E-state index contributed by atoms with van der Waals surface area (Å²) < 4.78 is 27.3. The molecule has 3 N–H and O–H groups in total. The maximum atomic E-state index is 12.3. The van der Waals surface area contributed by atoms with Gasteiger partial charge in [-0.25, -0.2) is 13.1 Å². The molecule has 4 nitrogen and oxygen atoms in total. The number of benzene rings is 1. The summed E-state index contributed by atoms with van der Waals surface area (Å²) in [6.45, 7) is 4.05. The second kappa shape index (κ2) is 12.9. The lowest BCUT2D eigenvalue weighted by Gasteiger charge is -2.16. The summed E-state index contributed by atoms with van der Waals surface area (Å²) in [6, 6.07) is 12.3. The Morgan fingerprint density at radius 3 is 1.90 bits per heavy atom. The molecular formula is C22H28Cl2N2O2S3. The summed E-state index contributed by atoms with van der Waals surface area (Å²) in [6.07, 6.45) is 3.24. The van der Waals surface area contributed by atoms with Gasteiger partial charge in [-0.05, 0) is 60.7 Å². The first-order valence-corrected chi connectivity index (χ1v) is 14.0. The van der Waals surface area contributed by atoms with E-state index in [1.54, 1.807) is 53.0 Å². The van der Waals surface area contributed by atoms with Crippen molar-refractivity contribution in [3.05, 3.63) is 73.0 Å². The summed E-state index contributed by atoms with van der Waals surface area (Å²) in [5.74, 6) is 0. The van der Waals surface area contributed by atoms with Gasteiger partial charge >= 0.3 is 0 Å². The lowest BCUT2D eigenvalue weighted by atomic mass is 10.1. The van der Waals surface area contributed by atoms with Gasteiger partial charge in [0.1, 0.15) is 0 Å². The largest absolute Gasteiger partial charge is 0.327 e. The summed E-state index contributed by atoms with van der Waals surface area (Å²) in [5.41, 5.74) is 5.78. The second-order valence-electron chi connectivity index (χ2n) is 7.00. The van der Waals surface area contributed by atoms with Crippen molar-refractivity contribution in [1.82, 2.24) is 4.72 Å². The zero-order valence-corrected chi connectivity index (χ0v) is 21.5. The van der Waals surface area contributed by atoms with Gasteiger partial charge < -0.3 is 5.73 Å². The van der Waals surface area contributed by atoms with E-state index in [4.69, 9.17) is 28.9 Å². The quantitative estimate of drug-likeness (QED) is 0.345. The Kier molecular flexibility index (Phi) is 11.0. The van der Waals surface area contributed by atoms with Gasteiger partial charge in [-0.15, -0.1) is 22.7 Å². The average molecular weight is 520 g/mol. The molecule has 0 saturated heterocycles. The van der Waals surface area contributed by atoms with Gasteiger partial charge in [0.25, 0.3) is 0 Å². The number of halogens is 2. The van der Waals surface area contributed by atoms with Gasteiger partial charge in [-0.2, -0.15) is 0 Å². The minimum atomic E-state index is -3.48. The zero-order chi connectivity index (χ0) is 22.9. The number of nitrogens with two attached hydrogens (primary N) is 1. The molecule has 0 aliphatic carbocycles. The third-order valence-corrected chi connectivity index (χ3v) is 9.01. The number of hydrogen-bond donors (Lipinski definition) is 2. The van der Waals surface area contributed by atoms with Crippen LogP contribution in [0.4, 0.5) is 0 Å². The fourth-order valence-electron chi connectivity index (χ4n) is 2.70. The Hall–Kier alpha value is -0.930. The SMILES string of the molecule is CCC(Cc1sccc1Cl)NS(=O)(=O)c1ccccc1.CC[C@@H](N)Cc1sccc1Cl. The van der Waals surface area contributed by atoms with E-state index < -0.39 is 10.0 Å². The van der Waals surface area contributed by atoms with Crippen molar-refractivity contribution in [3.63, 3.8) is 0 Å². The van der Waals surface area contributed by atoms with Gasteiger partial charge in [0.2, 0.25) is 10.0 Å². The molecule has 1 aromatic carbocycles. The highest BCUT2D eigenvalue weighted by atomic mass is 35.5. The molecule has 0 radical (unpaired) electrons. The summed E-state index contributed by atoms with van der Waals surface area (Å²) >= 11 is 15.2. The summed E-state index contributed by atoms with van der Waals surface area (Å²) in [4.78, 5) is 2.51. The standard InChI is InChI=1S/C14H16ClNO2S2.C8H12ClNS/c1-2-11(10-14-13(15)8-9-19-14)16-20(17,18)12-6-4-3-5-7-12;1-2-6(10)5-8-7(9)3-4-11-8/h3-9,11,16H,2,10H2,1H3;3-4,6H,2,5,10H2,1H3/t;6-/m.1/s1. The third-order valence-electron chi connectivity index (χ3n) is 4.65. The molecule has 9 heteroatoms. The van der Waals surface area contributed by atoms with Crippen molar-refractivity contribution in [2.24, 2.45) is 5.73 Å². The van der Waals surface area contributed by atoms with E-state index in [0.29, 0.717) is 17.9 Å². The molecule has 170 valence electrons. The second-order valence-corrected chi connectivity index (χ2v) is 11.5. The molecule has 2 heterocycles. The van der Waals surface area contributed by atoms with Gasteiger partial charge in [0, 0.05) is 21.8 Å². The van der Waals surface area contributed by atoms with Crippen LogP contribution in [0, 0.1) is 0 Å². The molecule has 2 aromatic heterocycles. The van der Waals surface area contributed by atoms with Crippen LogP contribution in [-0.2, 0) is 22.9 Å². The Morgan fingerprint density at radius 2 is 1.45 bits per heavy atom. The fraction of sp³-hybridized carbons (Fsp3) is 0.364. The van der Waals surface area contributed by atoms with E-state index in [-0.39, 0.29) is 17.0 Å². The predicted octanol–water partition coefficient (Wildman–Crippen LogP) is 6.38. The molecule has 1 unspecified atom stereocenters. The number of thiophene rings is 2.